The number of nitrogens with zero attached hydrogens (tertiary/aromatic N) is 3. The minimum Gasteiger partial charge on any atom is -0.496 e. The summed E-state index contributed by atoms with van der Waals surface area (Å²) in [4.78, 5) is 25.5. The summed E-state index contributed by atoms with van der Waals surface area (Å²) in [5, 5.41) is 5.18. The number of carbonyl (C=O) groups excluding carboxylic acids is 1. The summed E-state index contributed by atoms with van der Waals surface area (Å²) in [6.07, 6.45) is 0. The molecule has 0 aliphatic rings. The molecule has 4 rings (SSSR count). The van der Waals surface area contributed by atoms with Crippen LogP contribution in [0.4, 0.5) is 4.39 Å². The number of ether oxygens (including phenoxy) is 1. The first-order valence-electron chi connectivity index (χ1n) is 9.40. The van der Waals surface area contributed by atoms with Gasteiger partial charge in [0.05, 0.1) is 12.8 Å². The number of para-hydroxylation sites is 1. The molecular formula is C23H20FN3O3. The molecule has 0 amide bonds. The van der Waals surface area contributed by atoms with Crippen LogP contribution < -0.4 is 10.3 Å². The van der Waals surface area contributed by atoms with Gasteiger partial charge in [-0.2, -0.15) is 5.10 Å². The lowest BCUT2D eigenvalue weighted by Crippen LogP contribution is -2.26. The van der Waals surface area contributed by atoms with Gasteiger partial charge in [-0.05, 0) is 31.2 Å². The van der Waals surface area contributed by atoms with Crippen molar-refractivity contribution < 1.29 is 13.9 Å². The molecular weight excluding hydrogens is 385 g/mol. The largest absolute Gasteiger partial charge is 0.496 e. The molecule has 0 aliphatic carbocycles. The van der Waals surface area contributed by atoms with Gasteiger partial charge in [0.15, 0.2) is 5.78 Å². The monoisotopic (exact) mass is 405 g/mol. The quantitative estimate of drug-likeness (QED) is 0.475. The second kappa shape index (κ2) is 7.59. The third-order valence-electron chi connectivity index (χ3n) is 5.28. The molecule has 0 radical (unpaired) electrons. The SMILES string of the molecule is COc1cc(F)ccc1-c1ccc(=O)n(CC(=O)c2c(C)n(C)c3ccccc23)n1. The first-order valence-corrected chi connectivity index (χ1v) is 9.40. The fraction of sp³-hybridized carbons (Fsp3) is 0.174. The zero-order valence-electron chi connectivity index (χ0n) is 16.8. The Labute approximate surface area is 172 Å². The normalized spacial score (nSPS) is 11.1. The highest BCUT2D eigenvalue weighted by molar-refractivity contribution is 6.09. The van der Waals surface area contributed by atoms with E-state index < -0.39 is 11.4 Å². The van der Waals surface area contributed by atoms with E-state index in [4.69, 9.17) is 4.74 Å². The van der Waals surface area contributed by atoms with E-state index in [1.807, 2.05) is 42.8 Å². The number of aryl methyl sites for hydroxylation is 1. The predicted octanol–water partition coefficient (Wildman–Crippen LogP) is 3.74. The van der Waals surface area contributed by atoms with Gasteiger partial charge in [0, 0.05) is 46.9 Å². The molecule has 2 aromatic heterocycles. The van der Waals surface area contributed by atoms with Gasteiger partial charge in [-0.3, -0.25) is 9.59 Å². The maximum atomic E-state index is 13.5. The first kappa shape index (κ1) is 19.6. The Balaban J connectivity index is 1.75. The standard InChI is InChI=1S/C23H20FN3O3/c1-14-23(17-6-4-5-7-19(17)26(14)2)20(28)13-27-22(29)11-10-18(25-27)16-9-8-15(24)12-21(16)30-3/h4-12H,13H2,1-3H3. The van der Waals surface area contributed by atoms with Crippen LogP contribution in [0.15, 0.2) is 59.4 Å². The van der Waals surface area contributed by atoms with Crippen LogP contribution >= 0.6 is 0 Å². The van der Waals surface area contributed by atoms with Crippen LogP contribution in [-0.4, -0.2) is 27.2 Å². The van der Waals surface area contributed by atoms with Gasteiger partial charge in [0.1, 0.15) is 18.1 Å². The van der Waals surface area contributed by atoms with Crippen molar-refractivity contribution >= 4 is 16.7 Å². The fourth-order valence-corrected chi connectivity index (χ4v) is 3.67. The number of fused-ring (bicyclic) bond motifs is 1. The first-order chi connectivity index (χ1) is 14.4. The lowest BCUT2D eigenvalue weighted by atomic mass is 10.1. The Morgan fingerprint density at radius 1 is 1.13 bits per heavy atom. The summed E-state index contributed by atoms with van der Waals surface area (Å²) >= 11 is 0. The van der Waals surface area contributed by atoms with Crippen molar-refractivity contribution in [2.45, 2.75) is 13.5 Å². The van der Waals surface area contributed by atoms with Crippen LogP contribution in [0.25, 0.3) is 22.2 Å². The Kier molecular flexibility index (Phi) is 4.95. The Morgan fingerprint density at radius 3 is 2.67 bits per heavy atom. The van der Waals surface area contributed by atoms with E-state index in [-0.39, 0.29) is 12.3 Å². The van der Waals surface area contributed by atoms with Crippen LogP contribution in [0.2, 0.25) is 0 Å². The molecule has 152 valence electrons. The topological polar surface area (TPSA) is 66.1 Å². The van der Waals surface area contributed by atoms with E-state index in [2.05, 4.69) is 5.10 Å². The Hall–Kier alpha value is -3.74. The summed E-state index contributed by atoms with van der Waals surface area (Å²) in [6, 6.07) is 14.6. The van der Waals surface area contributed by atoms with Crippen molar-refractivity contribution in [2.75, 3.05) is 7.11 Å². The number of methoxy groups -OCH3 is 1. The highest BCUT2D eigenvalue weighted by Crippen LogP contribution is 2.29. The number of ketones is 1. The van der Waals surface area contributed by atoms with E-state index in [0.717, 1.165) is 21.3 Å². The number of benzene rings is 2. The summed E-state index contributed by atoms with van der Waals surface area (Å²) in [6.45, 7) is 1.67. The molecule has 7 heteroatoms. The van der Waals surface area contributed by atoms with Crippen molar-refractivity contribution in [1.82, 2.24) is 14.3 Å². The molecule has 0 unspecified atom stereocenters. The summed E-state index contributed by atoms with van der Waals surface area (Å²) < 4.78 is 21.8. The molecule has 2 heterocycles. The molecule has 30 heavy (non-hydrogen) atoms. The fourth-order valence-electron chi connectivity index (χ4n) is 3.67. The Morgan fingerprint density at radius 2 is 1.90 bits per heavy atom. The van der Waals surface area contributed by atoms with Crippen LogP contribution in [0.3, 0.4) is 0 Å². The summed E-state index contributed by atoms with van der Waals surface area (Å²) in [5.41, 5.74) is 2.89. The summed E-state index contributed by atoms with van der Waals surface area (Å²) in [5.74, 6) is -0.350. The number of halogens is 1. The average Bonchev–Trinajstić information content (AvgIpc) is 3.00. The van der Waals surface area contributed by atoms with Gasteiger partial charge < -0.3 is 9.30 Å². The van der Waals surface area contributed by atoms with Crippen molar-refractivity contribution in [1.29, 1.82) is 0 Å². The predicted molar refractivity (Wildman–Crippen MR) is 112 cm³/mol. The highest BCUT2D eigenvalue weighted by atomic mass is 19.1. The molecule has 0 saturated heterocycles. The zero-order chi connectivity index (χ0) is 21.4. The number of hydrogen-bond donors (Lipinski definition) is 0. The third-order valence-corrected chi connectivity index (χ3v) is 5.28. The molecule has 4 aromatic rings. The average molecular weight is 405 g/mol. The van der Waals surface area contributed by atoms with Gasteiger partial charge in [-0.25, -0.2) is 9.07 Å². The molecule has 6 nitrogen and oxygen atoms in total. The van der Waals surface area contributed by atoms with Crippen molar-refractivity contribution in [3.05, 3.63) is 82.0 Å². The van der Waals surface area contributed by atoms with Gasteiger partial charge >= 0.3 is 0 Å². The smallest absolute Gasteiger partial charge is 0.267 e. The molecule has 0 aliphatic heterocycles. The lowest BCUT2D eigenvalue weighted by Gasteiger charge is -2.10. The molecule has 0 saturated carbocycles. The number of hydrogen-bond acceptors (Lipinski definition) is 4. The Bertz CT molecular complexity index is 1340. The number of rotatable bonds is 5. The van der Waals surface area contributed by atoms with E-state index in [1.165, 1.54) is 37.4 Å². The van der Waals surface area contributed by atoms with Crippen LogP contribution in [0.1, 0.15) is 16.1 Å². The van der Waals surface area contributed by atoms with Crippen LogP contribution in [-0.2, 0) is 13.6 Å². The van der Waals surface area contributed by atoms with E-state index >= 15 is 0 Å². The maximum Gasteiger partial charge on any atom is 0.267 e. The number of carbonyl (C=O) groups is 1. The molecule has 0 fully saturated rings. The summed E-state index contributed by atoms with van der Waals surface area (Å²) in [7, 11) is 3.33. The maximum absolute atomic E-state index is 13.5. The zero-order valence-corrected chi connectivity index (χ0v) is 16.8. The van der Waals surface area contributed by atoms with Gasteiger partial charge in [0.25, 0.3) is 5.56 Å². The van der Waals surface area contributed by atoms with E-state index in [1.54, 1.807) is 0 Å². The van der Waals surface area contributed by atoms with Crippen LogP contribution in [0, 0.1) is 12.7 Å². The van der Waals surface area contributed by atoms with Gasteiger partial charge in [0.2, 0.25) is 0 Å². The second-order valence-electron chi connectivity index (χ2n) is 7.02. The van der Waals surface area contributed by atoms with Gasteiger partial charge in [-0.1, -0.05) is 18.2 Å². The second-order valence-corrected chi connectivity index (χ2v) is 7.02. The molecule has 0 spiro atoms. The molecule has 0 bridgehead atoms. The third kappa shape index (κ3) is 3.28. The molecule has 2 aromatic carbocycles. The highest BCUT2D eigenvalue weighted by Gasteiger charge is 2.20. The minimum atomic E-state index is -0.439. The van der Waals surface area contributed by atoms with Crippen LogP contribution in [0.5, 0.6) is 5.75 Å². The lowest BCUT2D eigenvalue weighted by molar-refractivity contribution is 0.0966. The minimum absolute atomic E-state index is 0.203. The van der Waals surface area contributed by atoms with Crippen molar-refractivity contribution in [3.63, 3.8) is 0 Å². The number of Topliss-reactive ketones (excluding diaryl/α,β-unsaturated/α-hetero) is 1. The molecule has 0 atom stereocenters. The van der Waals surface area contributed by atoms with Gasteiger partial charge in [-0.15, -0.1) is 0 Å². The van der Waals surface area contributed by atoms with E-state index in [0.29, 0.717) is 22.6 Å². The number of aromatic nitrogens is 3. The van der Waals surface area contributed by atoms with Crippen molar-refractivity contribution in [2.24, 2.45) is 7.05 Å². The molecule has 0 N–H and O–H groups in total. The van der Waals surface area contributed by atoms with Crippen molar-refractivity contribution in [3.8, 4) is 17.0 Å². The van der Waals surface area contributed by atoms with E-state index in [9.17, 15) is 14.0 Å².